The average Bonchev–Trinajstić information content (AvgIpc) is 3.07. The number of carbonyl (C=O) groups excluding carboxylic acids is 1. The van der Waals surface area contributed by atoms with Gasteiger partial charge in [-0.1, -0.05) is 29.3 Å². The monoisotopic (exact) mass is 348 g/mol. The molecule has 0 fully saturated rings. The highest BCUT2D eigenvalue weighted by atomic mass is 16.5. The van der Waals surface area contributed by atoms with Crippen LogP contribution in [0.5, 0.6) is 0 Å². The second-order valence-corrected chi connectivity index (χ2v) is 6.89. The Morgan fingerprint density at radius 2 is 1.92 bits per heavy atom. The highest BCUT2D eigenvalue weighted by Gasteiger charge is 2.17. The van der Waals surface area contributed by atoms with Gasteiger partial charge in [0.05, 0.1) is 16.5 Å². The van der Waals surface area contributed by atoms with Crippen molar-refractivity contribution in [3.8, 4) is 0 Å². The molecule has 1 aromatic heterocycles. The fourth-order valence-electron chi connectivity index (χ4n) is 3.60. The number of carbonyl (C=O) groups is 1. The zero-order chi connectivity index (χ0) is 18.3. The minimum absolute atomic E-state index is 0.0300. The van der Waals surface area contributed by atoms with Gasteiger partial charge >= 0.3 is 5.97 Å². The average molecular weight is 348 g/mol. The van der Waals surface area contributed by atoms with Gasteiger partial charge in [-0.25, -0.2) is 9.78 Å². The predicted octanol–water partition coefficient (Wildman–Crippen LogP) is 3.32. The molecule has 0 radical (unpaired) electrons. The van der Waals surface area contributed by atoms with Crippen molar-refractivity contribution in [1.29, 1.82) is 0 Å². The van der Waals surface area contributed by atoms with Crippen LogP contribution in [-0.4, -0.2) is 15.5 Å². The van der Waals surface area contributed by atoms with E-state index in [4.69, 9.17) is 4.74 Å². The summed E-state index contributed by atoms with van der Waals surface area (Å²) in [5.74, 6) is 0.386. The highest BCUT2D eigenvalue weighted by molar-refractivity contribution is 5.94. The van der Waals surface area contributed by atoms with Gasteiger partial charge in [0, 0.05) is 13.0 Å². The summed E-state index contributed by atoms with van der Waals surface area (Å²) in [5, 5.41) is 0.543. The van der Waals surface area contributed by atoms with Crippen molar-refractivity contribution in [2.75, 3.05) is 0 Å². The van der Waals surface area contributed by atoms with Crippen LogP contribution < -0.4 is 5.56 Å². The smallest absolute Gasteiger partial charge is 0.338 e. The molecule has 0 N–H and O–H groups in total. The molecular weight excluding hydrogens is 328 g/mol. The van der Waals surface area contributed by atoms with Gasteiger partial charge in [0.1, 0.15) is 12.4 Å². The van der Waals surface area contributed by atoms with E-state index in [2.05, 4.69) is 11.1 Å². The SMILES string of the molecule is Cc1cc(C)cc(COC(=O)c2ccc3c(=O)n4c(nc3c2)CCC4)c1. The maximum absolute atomic E-state index is 12.5. The number of esters is 1. The summed E-state index contributed by atoms with van der Waals surface area (Å²) in [5.41, 5.74) is 4.18. The standard InChI is InChI=1S/C21H20N2O3/c1-13-8-14(2)10-15(9-13)12-26-21(25)16-5-6-17-18(11-16)22-19-4-3-7-23(19)20(17)24/h5-6,8-11H,3-4,7,12H2,1-2H3. The van der Waals surface area contributed by atoms with Crippen molar-refractivity contribution >= 4 is 16.9 Å². The molecule has 1 aliphatic heterocycles. The van der Waals surface area contributed by atoms with E-state index in [1.807, 2.05) is 26.0 Å². The largest absolute Gasteiger partial charge is 0.457 e. The minimum atomic E-state index is -0.409. The van der Waals surface area contributed by atoms with Crippen molar-refractivity contribution < 1.29 is 9.53 Å². The van der Waals surface area contributed by atoms with Crippen LogP contribution in [0.25, 0.3) is 10.9 Å². The topological polar surface area (TPSA) is 61.2 Å². The first-order chi connectivity index (χ1) is 12.5. The van der Waals surface area contributed by atoms with E-state index in [9.17, 15) is 9.59 Å². The van der Waals surface area contributed by atoms with Crippen molar-refractivity contribution in [3.63, 3.8) is 0 Å². The van der Waals surface area contributed by atoms with E-state index in [0.29, 0.717) is 16.5 Å². The third-order valence-electron chi connectivity index (χ3n) is 4.70. The van der Waals surface area contributed by atoms with Gasteiger partial charge < -0.3 is 4.74 Å². The zero-order valence-corrected chi connectivity index (χ0v) is 14.9. The lowest BCUT2D eigenvalue weighted by molar-refractivity contribution is 0.0472. The van der Waals surface area contributed by atoms with E-state index in [1.165, 1.54) is 0 Å². The Labute approximate surface area is 151 Å². The Balaban J connectivity index is 1.59. The normalized spacial score (nSPS) is 13.0. The van der Waals surface area contributed by atoms with E-state index in [-0.39, 0.29) is 12.2 Å². The van der Waals surface area contributed by atoms with Crippen LogP contribution in [0.2, 0.25) is 0 Å². The lowest BCUT2D eigenvalue weighted by atomic mass is 10.1. The molecule has 0 amide bonds. The maximum atomic E-state index is 12.5. The molecule has 1 aliphatic rings. The Morgan fingerprint density at radius 1 is 1.15 bits per heavy atom. The molecule has 132 valence electrons. The first kappa shape index (κ1) is 16.5. The predicted molar refractivity (Wildman–Crippen MR) is 99.4 cm³/mol. The molecule has 5 heteroatoms. The maximum Gasteiger partial charge on any atom is 0.338 e. The van der Waals surface area contributed by atoms with Gasteiger partial charge in [-0.2, -0.15) is 0 Å². The summed E-state index contributed by atoms with van der Waals surface area (Å²) in [6.45, 7) is 4.98. The number of nitrogens with zero attached hydrogens (tertiary/aromatic N) is 2. The Hall–Kier alpha value is -2.95. The van der Waals surface area contributed by atoms with Crippen molar-refractivity contribution in [2.45, 2.75) is 39.8 Å². The molecule has 0 atom stereocenters. The fraction of sp³-hybridized carbons (Fsp3) is 0.286. The van der Waals surface area contributed by atoms with Crippen molar-refractivity contribution in [2.24, 2.45) is 0 Å². The van der Waals surface area contributed by atoms with Crippen LogP contribution >= 0.6 is 0 Å². The summed E-state index contributed by atoms with van der Waals surface area (Å²) in [6.07, 6.45) is 1.73. The molecule has 0 saturated carbocycles. The summed E-state index contributed by atoms with van der Waals surface area (Å²) in [4.78, 5) is 29.5. The molecule has 2 aromatic carbocycles. The van der Waals surface area contributed by atoms with Crippen LogP contribution in [-0.2, 0) is 24.3 Å². The molecule has 0 saturated heterocycles. The fourth-order valence-corrected chi connectivity index (χ4v) is 3.60. The number of aryl methyl sites for hydroxylation is 3. The lowest BCUT2D eigenvalue weighted by Gasteiger charge is -2.09. The molecule has 0 spiro atoms. The summed E-state index contributed by atoms with van der Waals surface area (Å²) < 4.78 is 7.17. The molecule has 0 aliphatic carbocycles. The first-order valence-electron chi connectivity index (χ1n) is 8.79. The van der Waals surface area contributed by atoms with E-state index >= 15 is 0 Å². The molecule has 0 unspecified atom stereocenters. The van der Waals surface area contributed by atoms with Crippen LogP contribution in [0, 0.1) is 13.8 Å². The van der Waals surface area contributed by atoms with Gasteiger partial charge in [-0.15, -0.1) is 0 Å². The van der Waals surface area contributed by atoms with Gasteiger partial charge in [-0.05, 0) is 44.0 Å². The van der Waals surface area contributed by atoms with Crippen molar-refractivity contribution in [1.82, 2.24) is 9.55 Å². The Kier molecular flexibility index (Phi) is 4.07. The van der Waals surface area contributed by atoms with Gasteiger partial charge in [-0.3, -0.25) is 9.36 Å². The second-order valence-electron chi connectivity index (χ2n) is 6.89. The summed E-state index contributed by atoms with van der Waals surface area (Å²) >= 11 is 0. The van der Waals surface area contributed by atoms with Gasteiger partial charge in [0.15, 0.2) is 0 Å². The molecular formula is C21H20N2O3. The summed E-state index contributed by atoms with van der Waals surface area (Å²) in [6, 6.07) is 11.1. The van der Waals surface area contributed by atoms with E-state index < -0.39 is 5.97 Å². The van der Waals surface area contributed by atoms with Crippen LogP contribution in [0.15, 0.2) is 41.2 Å². The minimum Gasteiger partial charge on any atom is -0.457 e. The Morgan fingerprint density at radius 3 is 2.69 bits per heavy atom. The first-order valence-corrected chi connectivity index (χ1v) is 8.79. The molecule has 2 heterocycles. The molecule has 0 bridgehead atoms. The van der Waals surface area contributed by atoms with Crippen LogP contribution in [0.4, 0.5) is 0 Å². The number of fused-ring (bicyclic) bond motifs is 2. The van der Waals surface area contributed by atoms with E-state index in [0.717, 1.165) is 41.9 Å². The van der Waals surface area contributed by atoms with Gasteiger partial charge in [0.2, 0.25) is 0 Å². The number of benzene rings is 2. The zero-order valence-electron chi connectivity index (χ0n) is 14.9. The molecule has 5 nitrogen and oxygen atoms in total. The highest BCUT2D eigenvalue weighted by Crippen LogP contribution is 2.17. The number of aromatic nitrogens is 2. The molecule has 3 aromatic rings. The third kappa shape index (κ3) is 3.01. The lowest BCUT2D eigenvalue weighted by Crippen LogP contribution is -2.21. The second kappa shape index (κ2) is 6.41. The molecule has 4 rings (SSSR count). The van der Waals surface area contributed by atoms with Crippen molar-refractivity contribution in [3.05, 3.63) is 74.8 Å². The summed E-state index contributed by atoms with van der Waals surface area (Å²) in [7, 11) is 0. The van der Waals surface area contributed by atoms with E-state index in [1.54, 1.807) is 22.8 Å². The number of rotatable bonds is 3. The van der Waals surface area contributed by atoms with Crippen LogP contribution in [0.3, 0.4) is 0 Å². The van der Waals surface area contributed by atoms with Crippen LogP contribution in [0.1, 0.15) is 39.3 Å². The third-order valence-corrected chi connectivity index (χ3v) is 4.70. The number of ether oxygens (including phenoxy) is 1. The quantitative estimate of drug-likeness (QED) is 0.681. The molecule has 26 heavy (non-hydrogen) atoms. The Bertz CT molecular complexity index is 1060. The number of hydrogen-bond acceptors (Lipinski definition) is 4. The number of hydrogen-bond donors (Lipinski definition) is 0. The van der Waals surface area contributed by atoms with Gasteiger partial charge in [0.25, 0.3) is 5.56 Å².